The van der Waals surface area contributed by atoms with Crippen molar-refractivity contribution in [3.05, 3.63) is 53.6 Å². The average molecular weight is 421 g/mol. The van der Waals surface area contributed by atoms with E-state index in [1.165, 1.54) is 11.1 Å². The van der Waals surface area contributed by atoms with Crippen LogP contribution in [0.5, 0.6) is 11.5 Å². The van der Waals surface area contributed by atoms with Crippen molar-refractivity contribution in [2.75, 3.05) is 31.6 Å². The normalized spacial score (nSPS) is 20.6. The third-order valence-electron chi connectivity index (χ3n) is 6.37. The number of piperidine rings is 1. The van der Waals surface area contributed by atoms with Crippen molar-refractivity contribution in [2.45, 2.75) is 31.8 Å². The molecule has 5 rings (SSSR count). The number of anilines is 1. The Kier molecular flexibility index (Phi) is 5.51. The number of hydrogen-bond donors (Lipinski definition) is 2. The second kappa shape index (κ2) is 8.59. The lowest BCUT2D eigenvalue weighted by atomic mass is 9.92. The van der Waals surface area contributed by atoms with Gasteiger partial charge >= 0.3 is 0 Å². The molecule has 1 fully saturated rings. The minimum absolute atomic E-state index is 0.00602. The van der Waals surface area contributed by atoms with Crippen LogP contribution in [0, 0.1) is 5.92 Å². The van der Waals surface area contributed by atoms with Crippen LogP contribution in [0.4, 0.5) is 5.69 Å². The van der Waals surface area contributed by atoms with E-state index in [2.05, 4.69) is 22.8 Å². The van der Waals surface area contributed by atoms with Gasteiger partial charge in [-0.1, -0.05) is 24.3 Å². The van der Waals surface area contributed by atoms with Crippen LogP contribution in [0.3, 0.4) is 0 Å². The summed E-state index contributed by atoms with van der Waals surface area (Å²) in [5.74, 6) is 1.40. The highest BCUT2D eigenvalue weighted by atomic mass is 16.6. The third-order valence-corrected chi connectivity index (χ3v) is 6.37. The molecule has 3 aliphatic heterocycles. The van der Waals surface area contributed by atoms with Crippen LogP contribution in [-0.4, -0.2) is 49.1 Å². The summed E-state index contributed by atoms with van der Waals surface area (Å²) in [6.45, 7) is 2.99. The molecule has 2 amide bonds. The molecule has 0 saturated carbocycles. The first-order valence-electron chi connectivity index (χ1n) is 11.0. The zero-order chi connectivity index (χ0) is 21.2. The summed E-state index contributed by atoms with van der Waals surface area (Å²) in [7, 11) is 0. The Morgan fingerprint density at radius 3 is 2.52 bits per heavy atom. The number of amides is 2. The van der Waals surface area contributed by atoms with Crippen LogP contribution in [0.25, 0.3) is 0 Å². The summed E-state index contributed by atoms with van der Waals surface area (Å²) in [6, 6.07) is 13.5. The molecule has 0 spiro atoms. The molecule has 0 bridgehead atoms. The maximum atomic E-state index is 13.0. The highest BCUT2D eigenvalue weighted by Crippen LogP contribution is 2.33. The van der Waals surface area contributed by atoms with E-state index in [-0.39, 0.29) is 23.8 Å². The number of fused-ring (bicyclic) bond motifs is 2. The maximum absolute atomic E-state index is 13.0. The largest absolute Gasteiger partial charge is 0.486 e. The summed E-state index contributed by atoms with van der Waals surface area (Å²) in [6.07, 6.45) is 2.07. The Balaban J connectivity index is 1.14. The first-order chi connectivity index (χ1) is 15.2. The monoisotopic (exact) mass is 421 g/mol. The van der Waals surface area contributed by atoms with Gasteiger partial charge in [0.05, 0.1) is 6.04 Å². The van der Waals surface area contributed by atoms with Crippen molar-refractivity contribution in [1.82, 2.24) is 10.2 Å². The summed E-state index contributed by atoms with van der Waals surface area (Å²) in [5.41, 5.74) is 3.21. The Morgan fingerprint density at radius 1 is 0.968 bits per heavy atom. The fraction of sp³-hybridized carbons (Fsp3) is 0.417. The van der Waals surface area contributed by atoms with Gasteiger partial charge in [0.1, 0.15) is 13.2 Å². The Labute approximate surface area is 181 Å². The molecule has 162 valence electrons. The molecule has 2 aromatic carbocycles. The van der Waals surface area contributed by atoms with E-state index in [1.54, 1.807) is 6.07 Å². The van der Waals surface area contributed by atoms with Crippen molar-refractivity contribution >= 4 is 17.5 Å². The van der Waals surface area contributed by atoms with Crippen LogP contribution in [-0.2, 0) is 22.6 Å². The number of nitrogens with zero attached hydrogens (tertiary/aromatic N) is 1. The zero-order valence-electron chi connectivity index (χ0n) is 17.4. The molecule has 2 N–H and O–H groups in total. The number of ether oxygens (including phenoxy) is 2. The van der Waals surface area contributed by atoms with Crippen LogP contribution in [0.1, 0.15) is 24.0 Å². The highest BCUT2D eigenvalue weighted by Gasteiger charge is 2.32. The Morgan fingerprint density at radius 2 is 1.71 bits per heavy atom. The van der Waals surface area contributed by atoms with Crippen LogP contribution < -0.4 is 20.1 Å². The van der Waals surface area contributed by atoms with E-state index in [0.29, 0.717) is 56.3 Å². The molecule has 7 heteroatoms. The molecule has 3 heterocycles. The predicted octanol–water partition coefficient (Wildman–Crippen LogP) is 2.35. The number of likely N-dealkylation sites (tertiary alicyclic amines) is 1. The molecule has 0 unspecified atom stereocenters. The van der Waals surface area contributed by atoms with E-state index >= 15 is 0 Å². The third kappa shape index (κ3) is 4.23. The minimum atomic E-state index is -0.182. The molecule has 31 heavy (non-hydrogen) atoms. The van der Waals surface area contributed by atoms with Crippen LogP contribution in [0.2, 0.25) is 0 Å². The second-order valence-corrected chi connectivity index (χ2v) is 8.35. The number of carbonyl (C=O) groups is 2. The lowest BCUT2D eigenvalue weighted by Crippen LogP contribution is -2.52. The smallest absolute Gasteiger partial charge is 0.240 e. The number of rotatable bonds is 3. The van der Waals surface area contributed by atoms with Gasteiger partial charge in [-0.15, -0.1) is 0 Å². The van der Waals surface area contributed by atoms with E-state index < -0.39 is 0 Å². The SMILES string of the molecule is O=C(Nc1ccc2c(c1)OCCO2)C1CCN(C(=O)[C@@H]2Cc3ccccc3CN2)CC1. The van der Waals surface area contributed by atoms with Crippen LogP contribution >= 0.6 is 0 Å². The molecule has 7 nitrogen and oxygen atoms in total. The standard InChI is InChI=1S/C24H27N3O4/c28-23(26-19-5-6-21-22(14-19)31-12-11-30-21)16-7-9-27(10-8-16)24(29)20-13-17-3-1-2-4-18(17)15-25-20/h1-6,14,16,20,25H,7-13,15H2,(H,26,28)/t20-/m0/s1. The van der Waals surface area contributed by atoms with Gasteiger partial charge < -0.3 is 25.0 Å². The van der Waals surface area contributed by atoms with Gasteiger partial charge in [0.2, 0.25) is 11.8 Å². The van der Waals surface area contributed by atoms with Crippen molar-refractivity contribution in [3.8, 4) is 11.5 Å². The van der Waals surface area contributed by atoms with Gasteiger partial charge in [-0.25, -0.2) is 0 Å². The molecule has 2 aromatic rings. The van der Waals surface area contributed by atoms with Crippen molar-refractivity contribution in [2.24, 2.45) is 5.92 Å². The minimum Gasteiger partial charge on any atom is -0.486 e. The highest BCUT2D eigenvalue weighted by molar-refractivity contribution is 5.93. The molecule has 0 aliphatic carbocycles. The molecule has 3 aliphatic rings. The zero-order valence-corrected chi connectivity index (χ0v) is 17.4. The number of carbonyl (C=O) groups excluding carboxylic acids is 2. The fourth-order valence-corrected chi connectivity index (χ4v) is 4.58. The molecule has 1 saturated heterocycles. The summed E-state index contributed by atoms with van der Waals surface area (Å²) in [4.78, 5) is 27.7. The molecule has 1 atom stereocenters. The van der Waals surface area contributed by atoms with Gasteiger partial charge in [-0.3, -0.25) is 9.59 Å². The van der Waals surface area contributed by atoms with Crippen LogP contribution in [0.15, 0.2) is 42.5 Å². The summed E-state index contributed by atoms with van der Waals surface area (Å²) in [5, 5.41) is 6.36. The Hall–Kier alpha value is -3.06. The van der Waals surface area contributed by atoms with Gasteiger partial charge in [-0.2, -0.15) is 0 Å². The van der Waals surface area contributed by atoms with Gasteiger partial charge in [0.15, 0.2) is 11.5 Å². The Bertz CT molecular complexity index is 985. The van der Waals surface area contributed by atoms with Gasteiger partial charge in [0.25, 0.3) is 0 Å². The number of benzene rings is 2. The lowest BCUT2D eigenvalue weighted by Gasteiger charge is -2.35. The predicted molar refractivity (Wildman–Crippen MR) is 116 cm³/mol. The van der Waals surface area contributed by atoms with E-state index in [1.807, 2.05) is 29.2 Å². The van der Waals surface area contributed by atoms with E-state index in [4.69, 9.17) is 9.47 Å². The number of nitrogens with one attached hydrogen (secondary N) is 2. The average Bonchev–Trinajstić information content (AvgIpc) is 2.83. The summed E-state index contributed by atoms with van der Waals surface area (Å²) >= 11 is 0. The van der Waals surface area contributed by atoms with Gasteiger partial charge in [0, 0.05) is 37.3 Å². The topological polar surface area (TPSA) is 79.9 Å². The first-order valence-corrected chi connectivity index (χ1v) is 11.0. The molecule has 0 radical (unpaired) electrons. The van der Waals surface area contributed by atoms with Gasteiger partial charge in [-0.05, 0) is 42.5 Å². The van der Waals surface area contributed by atoms with Crippen molar-refractivity contribution in [3.63, 3.8) is 0 Å². The number of hydrogen-bond acceptors (Lipinski definition) is 5. The molecular formula is C24H27N3O4. The fourth-order valence-electron chi connectivity index (χ4n) is 4.58. The second-order valence-electron chi connectivity index (χ2n) is 8.35. The van der Waals surface area contributed by atoms with Crippen molar-refractivity contribution in [1.29, 1.82) is 0 Å². The summed E-state index contributed by atoms with van der Waals surface area (Å²) < 4.78 is 11.1. The first kappa shape index (κ1) is 19.9. The van der Waals surface area contributed by atoms with Crippen molar-refractivity contribution < 1.29 is 19.1 Å². The quantitative estimate of drug-likeness (QED) is 0.795. The van der Waals surface area contributed by atoms with E-state index in [9.17, 15) is 9.59 Å². The molecule has 0 aromatic heterocycles. The lowest BCUT2D eigenvalue weighted by molar-refractivity contribution is -0.136. The van der Waals surface area contributed by atoms with E-state index in [0.717, 1.165) is 13.0 Å². The maximum Gasteiger partial charge on any atom is 0.240 e. The molecular weight excluding hydrogens is 394 g/mol.